The van der Waals surface area contributed by atoms with Crippen molar-refractivity contribution in [2.45, 2.75) is 25.9 Å². The number of rotatable bonds is 7. The van der Waals surface area contributed by atoms with Gasteiger partial charge in [0, 0.05) is 42.0 Å². The van der Waals surface area contributed by atoms with Gasteiger partial charge in [-0.3, -0.25) is 4.79 Å². The van der Waals surface area contributed by atoms with Crippen LogP contribution >= 0.6 is 0 Å². The van der Waals surface area contributed by atoms with Crippen molar-refractivity contribution in [3.05, 3.63) is 70.9 Å². The highest BCUT2D eigenvalue weighted by Gasteiger charge is 2.30. The number of para-hydroxylation sites is 1. The van der Waals surface area contributed by atoms with E-state index in [1.807, 2.05) is 30.5 Å². The second kappa shape index (κ2) is 8.61. The van der Waals surface area contributed by atoms with E-state index in [0.717, 1.165) is 16.5 Å². The fraction of sp³-hybridized carbons (Fsp3) is 0.273. The number of hydrogen-bond acceptors (Lipinski definition) is 2. The van der Waals surface area contributed by atoms with Crippen molar-refractivity contribution in [2.24, 2.45) is 5.92 Å². The molecule has 3 aromatic rings. The van der Waals surface area contributed by atoms with Crippen LogP contribution in [-0.4, -0.2) is 34.7 Å². The van der Waals surface area contributed by atoms with Gasteiger partial charge in [-0.05, 0) is 35.2 Å². The zero-order valence-electron chi connectivity index (χ0n) is 16.2. The smallest absolute Gasteiger partial charge is 0.389 e. The lowest BCUT2D eigenvalue weighted by Crippen LogP contribution is -2.30. The lowest BCUT2D eigenvalue weighted by Gasteiger charge is -2.15. The first kappa shape index (κ1) is 21.4. The van der Waals surface area contributed by atoms with E-state index in [2.05, 4.69) is 10.3 Å². The average Bonchev–Trinajstić information content (AvgIpc) is 3.08. The van der Waals surface area contributed by atoms with Crippen LogP contribution < -0.4 is 5.32 Å². The molecule has 0 aliphatic heterocycles. The van der Waals surface area contributed by atoms with Gasteiger partial charge >= 0.3 is 12.1 Å². The summed E-state index contributed by atoms with van der Waals surface area (Å²) in [4.78, 5) is 27.2. The van der Waals surface area contributed by atoms with Crippen LogP contribution in [0.2, 0.25) is 0 Å². The number of hydrogen-bond donors (Lipinski definition) is 3. The van der Waals surface area contributed by atoms with Gasteiger partial charge in [-0.25, -0.2) is 4.79 Å². The SMILES string of the molecule is CC(CNC(=O)c1ccc(Cc2c[nH]c3ccccc23)c(C(=O)O)c1)CC(F)(F)F. The number of halogens is 3. The number of aromatic amines is 1. The Balaban J connectivity index is 1.76. The van der Waals surface area contributed by atoms with E-state index in [1.54, 1.807) is 6.07 Å². The fourth-order valence-electron chi connectivity index (χ4n) is 3.39. The van der Waals surface area contributed by atoms with Gasteiger partial charge in [0.25, 0.3) is 5.91 Å². The molecular weight excluding hydrogens is 397 g/mol. The van der Waals surface area contributed by atoms with Gasteiger partial charge < -0.3 is 15.4 Å². The lowest BCUT2D eigenvalue weighted by molar-refractivity contribution is -0.142. The molecule has 3 rings (SSSR count). The maximum absolute atomic E-state index is 12.4. The summed E-state index contributed by atoms with van der Waals surface area (Å²) in [6, 6.07) is 12.0. The van der Waals surface area contributed by atoms with E-state index in [0.29, 0.717) is 12.0 Å². The number of carboxylic acid groups (broad SMARTS) is 1. The molecule has 0 bridgehead atoms. The minimum absolute atomic E-state index is 0.0173. The predicted molar refractivity (Wildman–Crippen MR) is 107 cm³/mol. The van der Waals surface area contributed by atoms with Gasteiger partial charge in [-0.15, -0.1) is 0 Å². The van der Waals surface area contributed by atoms with Crippen LogP contribution in [0.1, 0.15) is 45.2 Å². The summed E-state index contributed by atoms with van der Waals surface area (Å²) in [7, 11) is 0. The Hall–Kier alpha value is -3.29. The quantitative estimate of drug-likeness (QED) is 0.517. The molecule has 0 saturated heterocycles. The number of benzene rings is 2. The predicted octanol–water partition coefficient (Wildman–Crippen LogP) is 4.78. The summed E-state index contributed by atoms with van der Waals surface area (Å²) >= 11 is 0. The Bertz CT molecular complexity index is 1070. The van der Waals surface area contributed by atoms with Crippen molar-refractivity contribution >= 4 is 22.8 Å². The second-order valence-corrected chi connectivity index (χ2v) is 7.35. The van der Waals surface area contributed by atoms with Crippen LogP contribution in [0, 0.1) is 5.92 Å². The molecule has 0 fully saturated rings. The largest absolute Gasteiger partial charge is 0.478 e. The maximum Gasteiger partial charge on any atom is 0.389 e. The second-order valence-electron chi connectivity index (χ2n) is 7.35. The van der Waals surface area contributed by atoms with Gasteiger partial charge in [-0.1, -0.05) is 31.2 Å². The summed E-state index contributed by atoms with van der Waals surface area (Å²) in [5, 5.41) is 13.0. The fourth-order valence-corrected chi connectivity index (χ4v) is 3.39. The van der Waals surface area contributed by atoms with Crippen LogP contribution in [0.4, 0.5) is 13.2 Å². The van der Waals surface area contributed by atoms with Gasteiger partial charge in [0.15, 0.2) is 0 Å². The molecule has 0 aliphatic carbocycles. The van der Waals surface area contributed by atoms with Crippen LogP contribution in [0.5, 0.6) is 0 Å². The number of H-pyrrole nitrogens is 1. The third kappa shape index (κ3) is 5.20. The Labute approximate surface area is 170 Å². The first-order valence-electron chi connectivity index (χ1n) is 9.40. The Morgan fingerprint density at radius 2 is 1.87 bits per heavy atom. The van der Waals surface area contributed by atoms with Crippen molar-refractivity contribution in [1.29, 1.82) is 0 Å². The molecule has 158 valence electrons. The number of carboxylic acids is 1. The summed E-state index contributed by atoms with van der Waals surface area (Å²) in [6.07, 6.45) is -3.13. The Kier molecular flexibility index (Phi) is 6.14. The molecule has 1 unspecified atom stereocenters. The van der Waals surface area contributed by atoms with Crippen molar-refractivity contribution in [2.75, 3.05) is 6.54 Å². The van der Waals surface area contributed by atoms with Gasteiger partial charge in [-0.2, -0.15) is 13.2 Å². The van der Waals surface area contributed by atoms with Crippen molar-refractivity contribution < 1.29 is 27.9 Å². The van der Waals surface area contributed by atoms with E-state index in [-0.39, 0.29) is 17.7 Å². The summed E-state index contributed by atoms with van der Waals surface area (Å²) in [6.45, 7) is 1.23. The summed E-state index contributed by atoms with van der Waals surface area (Å²) in [5.74, 6) is -2.57. The monoisotopic (exact) mass is 418 g/mol. The standard InChI is InChI=1S/C22H21F3N2O3/c1-13(10-22(23,24)25)11-27-20(28)15-7-6-14(18(9-15)21(29)30)8-16-12-26-19-5-3-2-4-17(16)19/h2-7,9,12-13,26H,8,10-11H2,1H3,(H,27,28)(H,29,30). The number of aromatic nitrogens is 1. The average molecular weight is 418 g/mol. The number of nitrogens with one attached hydrogen (secondary N) is 2. The molecule has 1 atom stereocenters. The molecule has 8 heteroatoms. The highest BCUT2D eigenvalue weighted by Crippen LogP contribution is 2.25. The third-order valence-electron chi connectivity index (χ3n) is 4.85. The van der Waals surface area contributed by atoms with Gasteiger partial charge in [0.2, 0.25) is 0 Å². The number of carbonyl (C=O) groups is 2. The van der Waals surface area contributed by atoms with E-state index in [4.69, 9.17) is 0 Å². The molecule has 0 saturated carbocycles. The molecule has 3 N–H and O–H groups in total. The molecule has 5 nitrogen and oxygen atoms in total. The number of amides is 1. The maximum atomic E-state index is 12.4. The number of carbonyl (C=O) groups excluding carboxylic acids is 1. The van der Waals surface area contributed by atoms with Crippen LogP contribution in [0.25, 0.3) is 10.9 Å². The molecule has 0 spiro atoms. The molecule has 0 radical (unpaired) electrons. The minimum Gasteiger partial charge on any atom is -0.478 e. The molecular formula is C22H21F3N2O3. The lowest BCUT2D eigenvalue weighted by atomic mass is 9.97. The van der Waals surface area contributed by atoms with Crippen molar-refractivity contribution in [3.63, 3.8) is 0 Å². The van der Waals surface area contributed by atoms with Crippen LogP contribution in [0.3, 0.4) is 0 Å². The molecule has 1 aromatic heterocycles. The Morgan fingerprint density at radius 1 is 1.13 bits per heavy atom. The Morgan fingerprint density at radius 3 is 2.57 bits per heavy atom. The molecule has 1 amide bonds. The summed E-state index contributed by atoms with van der Waals surface area (Å²) in [5.41, 5.74) is 2.47. The topological polar surface area (TPSA) is 82.2 Å². The highest BCUT2D eigenvalue weighted by molar-refractivity contribution is 5.98. The van der Waals surface area contributed by atoms with Crippen molar-refractivity contribution in [3.8, 4) is 0 Å². The van der Waals surface area contributed by atoms with Crippen molar-refractivity contribution in [1.82, 2.24) is 10.3 Å². The van der Waals surface area contributed by atoms with Gasteiger partial charge in [0.1, 0.15) is 0 Å². The van der Waals surface area contributed by atoms with E-state index >= 15 is 0 Å². The summed E-state index contributed by atoms with van der Waals surface area (Å²) < 4.78 is 37.2. The molecule has 0 aliphatic rings. The molecule has 30 heavy (non-hydrogen) atoms. The zero-order valence-corrected chi connectivity index (χ0v) is 16.2. The van der Waals surface area contributed by atoms with Gasteiger partial charge in [0.05, 0.1) is 5.56 Å². The van der Waals surface area contributed by atoms with Crippen LogP contribution in [-0.2, 0) is 6.42 Å². The number of aromatic carboxylic acids is 1. The van der Waals surface area contributed by atoms with E-state index < -0.39 is 30.4 Å². The molecule has 1 heterocycles. The van der Waals surface area contributed by atoms with E-state index in [9.17, 15) is 27.9 Å². The highest BCUT2D eigenvalue weighted by atomic mass is 19.4. The normalized spacial score (nSPS) is 12.7. The zero-order chi connectivity index (χ0) is 21.9. The number of fused-ring (bicyclic) bond motifs is 1. The first-order chi connectivity index (χ1) is 14.1. The third-order valence-corrected chi connectivity index (χ3v) is 4.85. The minimum atomic E-state index is -4.30. The first-order valence-corrected chi connectivity index (χ1v) is 9.40. The van der Waals surface area contributed by atoms with Crippen LogP contribution in [0.15, 0.2) is 48.7 Å². The number of alkyl halides is 3. The molecule has 2 aromatic carbocycles. The van der Waals surface area contributed by atoms with E-state index in [1.165, 1.54) is 19.1 Å².